The molecule has 1 aromatic carbocycles. The van der Waals surface area contributed by atoms with Crippen molar-refractivity contribution >= 4 is 23.4 Å². The van der Waals surface area contributed by atoms with Gasteiger partial charge in [-0.1, -0.05) is 18.2 Å². The molecule has 1 rings (SSSR count). The molecule has 0 aliphatic carbocycles. The van der Waals surface area contributed by atoms with E-state index in [0.29, 0.717) is 5.69 Å². The molecule has 1 N–H and O–H groups in total. The Morgan fingerprint density at radius 2 is 2.15 bits per heavy atom. The Balaban J connectivity index is 2.96. The van der Waals surface area contributed by atoms with Gasteiger partial charge in [0.25, 0.3) is 0 Å². The van der Waals surface area contributed by atoms with Crippen molar-refractivity contribution in [2.75, 3.05) is 12.4 Å². The van der Waals surface area contributed by atoms with Crippen LogP contribution in [0.25, 0.3) is 0 Å². The van der Waals surface area contributed by atoms with Gasteiger partial charge in [-0.2, -0.15) is 10.4 Å². The highest BCUT2D eigenvalue weighted by molar-refractivity contribution is 8.03. The summed E-state index contributed by atoms with van der Waals surface area (Å²) in [5, 5.41) is 27.6. The molecule has 0 fully saturated rings. The van der Waals surface area contributed by atoms with Gasteiger partial charge in [-0.3, -0.25) is 0 Å². The van der Waals surface area contributed by atoms with Crippen LogP contribution in [0.3, 0.4) is 0 Å². The fraction of sp³-hybridized carbons (Fsp3) is 0.231. The number of hydrogen-bond acceptors (Lipinski definition) is 7. The number of rotatable bonds is 6. The van der Waals surface area contributed by atoms with Crippen LogP contribution >= 0.6 is 11.8 Å². The first-order valence-corrected chi connectivity index (χ1v) is 6.74. The van der Waals surface area contributed by atoms with Crippen LogP contribution in [0.1, 0.15) is 6.92 Å². The van der Waals surface area contributed by atoms with Gasteiger partial charge < -0.3 is 9.84 Å². The van der Waals surface area contributed by atoms with Crippen LogP contribution in [0.4, 0.5) is 5.69 Å². The standard InChI is InChI=1S/C13H13N3O3S/c1-2-19-13(18)12(11(17)8-20-9-14)16-15-10-6-4-3-5-7-10/h3-7,17H,2,8H2,1H3. The maximum absolute atomic E-state index is 11.7. The maximum Gasteiger partial charge on any atom is 0.362 e. The van der Waals surface area contributed by atoms with Gasteiger partial charge in [-0.25, -0.2) is 4.79 Å². The van der Waals surface area contributed by atoms with E-state index < -0.39 is 5.97 Å². The third kappa shape index (κ3) is 5.12. The lowest BCUT2D eigenvalue weighted by molar-refractivity contribution is -0.138. The molecule has 0 aromatic heterocycles. The quantitative estimate of drug-likeness (QED) is 0.285. The van der Waals surface area contributed by atoms with Gasteiger partial charge in [0, 0.05) is 0 Å². The van der Waals surface area contributed by atoms with Gasteiger partial charge >= 0.3 is 5.97 Å². The molecule has 0 spiro atoms. The largest absolute Gasteiger partial charge is 0.509 e. The molecule has 0 amide bonds. The minimum absolute atomic E-state index is 0.0571. The predicted molar refractivity (Wildman–Crippen MR) is 75.3 cm³/mol. The fourth-order valence-electron chi connectivity index (χ4n) is 1.19. The van der Waals surface area contributed by atoms with Gasteiger partial charge in [0.05, 0.1) is 18.0 Å². The average Bonchev–Trinajstić information content (AvgIpc) is 2.46. The zero-order valence-corrected chi connectivity index (χ0v) is 11.6. The van der Waals surface area contributed by atoms with E-state index in [-0.39, 0.29) is 23.8 Å². The number of carbonyl (C=O) groups excluding carboxylic acids is 1. The zero-order valence-electron chi connectivity index (χ0n) is 10.8. The summed E-state index contributed by atoms with van der Waals surface area (Å²) in [7, 11) is 0. The third-order valence-electron chi connectivity index (χ3n) is 2.04. The normalized spacial score (nSPS) is 11.8. The lowest BCUT2D eigenvalue weighted by Crippen LogP contribution is -2.09. The number of ether oxygens (including phenoxy) is 1. The summed E-state index contributed by atoms with van der Waals surface area (Å²) in [6, 6.07) is 8.77. The Morgan fingerprint density at radius 1 is 1.45 bits per heavy atom. The van der Waals surface area contributed by atoms with E-state index in [2.05, 4.69) is 10.2 Å². The number of benzene rings is 1. The van der Waals surface area contributed by atoms with Crippen LogP contribution < -0.4 is 0 Å². The smallest absolute Gasteiger partial charge is 0.362 e. The first kappa shape index (κ1) is 15.7. The van der Waals surface area contributed by atoms with Crippen molar-refractivity contribution in [2.45, 2.75) is 6.92 Å². The number of nitriles is 1. The molecular weight excluding hydrogens is 278 g/mol. The van der Waals surface area contributed by atoms with Crippen molar-refractivity contribution in [1.82, 2.24) is 0 Å². The van der Waals surface area contributed by atoms with Crippen LogP contribution in [0.2, 0.25) is 0 Å². The van der Waals surface area contributed by atoms with Crippen molar-refractivity contribution in [3.8, 4) is 5.40 Å². The van der Waals surface area contributed by atoms with Crippen LogP contribution in [0.5, 0.6) is 0 Å². The van der Waals surface area contributed by atoms with Gasteiger partial charge in [-0.05, 0) is 30.8 Å². The van der Waals surface area contributed by atoms with Gasteiger partial charge in [0.1, 0.15) is 11.2 Å². The number of azo groups is 1. The summed E-state index contributed by atoms with van der Waals surface area (Å²) >= 11 is 0.790. The van der Waals surface area contributed by atoms with Crippen LogP contribution in [0, 0.1) is 10.7 Å². The van der Waals surface area contributed by atoms with Crippen molar-refractivity contribution in [3.05, 3.63) is 41.8 Å². The molecule has 7 heteroatoms. The number of esters is 1. The summed E-state index contributed by atoms with van der Waals surface area (Å²) in [4.78, 5) is 11.7. The third-order valence-corrected chi connectivity index (χ3v) is 2.58. The van der Waals surface area contributed by atoms with Gasteiger partial charge in [0.2, 0.25) is 5.70 Å². The molecule has 0 saturated heterocycles. The molecule has 0 aliphatic heterocycles. The van der Waals surface area contributed by atoms with Crippen LogP contribution in [-0.2, 0) is 9.53 Å². The number of thiocyanates is 1. The molecule has 0 heterocycles. The molecule has 1 aromatic rings. The van der Waals surface area contributed by atoms with E-state index in [1.54, 1.807) is 36.6 Å². The number of carbonyl (C=O) groups is 1. The van der Waals surface area contributed by atoms with Gasteiger partial charge in [0.15, 0.2) is 0 Å². The summed E-state index contributed by atoms with van der Waals surface area (Å²) in [6.45, 7) is 1.80. The second-order valence-electron chi connectivity index (χ2n) is 3.43. The van der Waals surface area contributed by atoms with Crippen molar-refractivity contribution < 1.29 is 14.6 Å². The maximum atomic E-state index is 11.7. The number of hydrogen-bond donors (Lipinski definition) is 1. The van der Waals surface area contributed by atoms with Crippen molar-refractivity contribution in [3.63, 3.8) is 0 Å². The number of thioether (sulfide) groups is 1. The first-order chi connectivity index (χ1) is 9.69. The molecule has 0 saturated carbocycles. The Kier molecular flexibility index (Phi) is 6.85. The molecule has 0 aliphatic rings. The molecule has 0 bridgehead atoms. The molecule has 0 unspecified atom stereocenters. The second kappa shape index (κ2) is 8.72. The first-order valence-electron chi connectivity index (χ1n) is 5.76. The van der Waals surface area contributed by atoms with E-state index in [0.717, 1.165) is 11.8 Å². The summed E-state index contributed by atoms with van der Waals surface area (Å²) in [6.07, 6.45) is 0. The Hall–Kier alpha value is -2.33. The number of aliphatic hydroxyl groups is 1. The van der Waals surface area contributed by atoms with E-state index in [1.807, 2.05) is 6.07 Å². The highest BCUT2D eigenvalue weighted by atomic mass is 32.2. The van der Waals surface area contributed by atoms with Gasteiger partial charge in [-0.15, -0.1) is 5.11 Å². The van der Waals surface area contributed by atoms with Crippen LogP contribution in [-0.4, -0.2) is 23.4 Å². The van der Waals surface area contributed by atoms with E-state index in [9.17, 15) is 9.90 Å². The molecule has 20 heavy (non-hydrogen) atoms. The van der Waals surface area contributed by atoms with Crippen molar-refractivity contribution in [2.24, 2.45) is 10.2 Å². The Morgan fingerprint density at radius 3 is 2.75 bits per heavy atom. The lowest BCUT2D eigenvalue weighted by atomic mass is 10.3. The number of aliphatic hydroxyl groups excluding tert-OH is 1. The highest BCUT2D eigenvalue weighted by Crippen LogP contribution is 2.16. The monoisotopic (exact) mass is 291 g/mol. The minimum Gasteiger partial charge on any atom is -0.509 e. The Labute approximate surface area is 120 Å². The average molecular weight is 291 g/mol. The molecule has 104 valence electrons. The van der Waals surface area contributed by atoms with Crippen LogP contribution in [0.15, 0.2) is 52.0 Å². The fourth-order valence-corrected chi connectivity index (χ4v) is 1.53. The molecule has 0 radical (unpaired) electrons. The van der Waals surface area contributed by atoms with E-state index in [1.165, 1.54) is 0 Å². The SMILES string of the molecule is CCOC(=O)C(N=Nc1ccccc1)=C(O)CSC#N. The highest BCUT2D eigenvalue weighted by Gasteiger charge is 2.16. The van der Waals surface area contributed by atoms with E-state index in [4.69, 9.17) is 10.00 Å². The summed E-state index contributed by atoms with van der Waals surface area (Å²) < 4.78 is 4.79. The Bertz CT molecular complexity index is 550. The zero-order chi connectivity index (χ0) is 14.8. The second-order valence-corrected chi connectivity index (χ2v) is 4.19. The van der Waals surface area contributed by atoms with E-state index >= 15 is 0 Å². The summed E-state index contributed by atoms with van der Waals surface area (Å²) in [5.74, 6) is -1.17. The molecular formula is C13H13N3O3S. The topological polar surface area (TPSA) is 95.0 Å². The minimum atomic E-state index is -0.775. The predicted octanol–water partition coefficient (Wildman–Crippen LogP) is 3.32. The number of nitrogens with zero attached hydrogens (tertiary/aromatic N) is 3. The molecule has 6 nitrogen and oxygen atoms in total. The molecule has 0 atom stereocenters. The van der Waals surface area contributed by atoms with Crippen molar-refractivity contribution in [1.29, 1.82) is 5.26 Å². The lowest BCUT2D eigenvalue weighted by Gasteiger charge is -2.03. The summed E-state index contributed by atoms with van der Waals surface area (Å²) in [5.41, 5.74) is 0.244.